The first-order chi connectivity index (χ1) is 18.9. The summed E-state index contributed by atoms with van der Waals surface area (Å²) in [6.07, 6.45) is 0. The van der Waals surface area contributed by atoms with Crippen molar-refractivity contribution in [3.8, 4) is 11.5 Å². The lowest BCUT2D eigenvalue weighted by molar-refractivity contribution is -0.130. The molecule has 0 saturated heterocycles. The largest absolute Gasteiger partial charge is 0.503 e. The summed E-state index contributed by atoms with van der Waals surface area (Å²) in [5, 5.41) is 11.6. The van der Waals surface area contributed by atoms with E-state index in [0.29, 0.717) is 34.6 Å². The number of hydrogen-bond acceptors (Lipinski definition) is 7. The lowest BCUT2D eigenvalue weighted by Crippen LogP contribution is -2.34. The number of ketones is 1. The molecule has 3 aromatic carbocycles. The first-order valence-electron chi connectivity index (χ1n) is 12.5. The number of aliphatic hydroxyl groups excluding tert-OH is 1. The second kappa shape index (κ2) is 11.0. The lowest BCUT2D eigenvalue weighted by atomic mass is 9.95. The van der Waals surface area contributed by atoms with Crippen molar-refractivity contribution in [3.63, 3.8) is 0 Å². The number of amides is 1. The monoisotopic (exact) mass is 527 g/mol. The van der Waals surface area contributed by atoms with Gasteiger partial charge in [0.2, 0.25) is 5.78 Å². The number of benzene rings is 3. The molecule has 2 heterocycles. The Hall–Kier alpha value is -4.56. The fourth-order valence-corrected chi connectivity index (χ4v) is 4.72. The molecule has 1 aliphatic rings. The second-order valence-corrected chi connectivity index (χ2v) is 9.32. The summed E-state index contributed by atoms with van der Waals surface area (Å²) < 4.78 is 22.4. The standard InChI is InChI=1S/C31H29NO7/c1-19-10-12-20(13-11-19)18-38-23-8-4-6-21(16-23)27-26(29(34)31(35)32(27)14-15-36-2)28(33)25-17-22-7-5-9-24(37-3)30(22)39-25/h4-13,16-17,27,34H,14-15,18H2,1-3H3. The van der Waals surface area contributed by atoms with Gasteiger partial charge in [-0.25, -0.2) is 0 Å². The molecule has 8 heteroatoms. The zero-order valence-electron chi connectivity index (χ0n) is 22.0. The van der Waals surface area contributed by atoms with Crippen LogP contribution in [0.2, 0.25) is 0 Å². The number of rotatable bonds is 10. The predicted molar refractivity (Wildman–Crippen MR) is 145 cm³/mol. The molecule has 1 aliphatic heterocycles. The van der Waals surface area contributed by atoms with Crippen LogP contribution in [0.15, 0.2) is 88.5 Å². The van der Waals surface area contributed by atoms with Crippen molar-refractivity contribution < 1.29 is 33.3 Å². The minimum atomic E-state index is -0.863. The first kappa shape index (κ1) is 26.1. The summed E-state index contributed by atoms with van der Waals surface area (Å²) in [4.78, 5) is 28.4. The van der Waals surface area contributed by atoms with Crippen LogP contribution in [0.25, 0.3) is 11.0 Å². The summed E-state index contributed by atoms with van der Waals surface area (Å²) in [7, 11) is 3.04. The summed E-state index contributed by atoms with van der Waals surface area (Å²) in [5.74, 6) is -0.813. The predicted octanol–water partition coefficient (Wildman–Crippen LogP) is 5.55. The Morgan fingerprint density at radius 3 is 2.54 bits per heavy atom. The van der Waals surface area contributed by atoms with Gasteiger partial charge in [-0.2, -0.15) is 0 Å². The fourth-order valence-electron chi connectivity index (χ4n) is 4.72. The van der Waals surface area contributed by atoms with E-state index < -0.39 is 23.5 Å². The molecule has 0 bridgehead atoms. The van der Waals surface area contributed by atoms with Crippen molar-refractivity contribution in [1.82, 2.24) is 4.90 Å². The number of carbonyl (C=O) groups is 2. The topological polar surface area (TPSA) is 98.4 Å². The van der Waals surface area contributed by atoms with Gasteiger partial charge in [0.15, 0.2) is 22.9 Å². The third kappa shape index (κ3) is 5.11. The van der Waals surface area contributed by atoms with Crippen molar-refractivity contribution in [3.05, 3.63) is 107 Å². The van der Waals surface area contributed by atoms with Crippen LogP contribution in [0.3, 0.4) is 0 Å². The number of Topliss-reactive ketones (excluding diaryl/α,β-unsaturated/α-hetero) is 1. The molecule has 4 aromatic rings. The molecule has 0 fully saturated rings. The third-order valence-electron chi connectivity index (χ3n) is 6.74. The molecule has 1 atom stereocenters. The highest BCUT2D eigenvalue weighted by Gasteiger charge is 2.44. The molecular formula is C31H29NO7. The minimum absolute atomic E-state index is 0.00535. The van der Waals surface area contributed by atoms with E-state index in [9.17, 15) is 14.7 Å². The first-order valence-corrected chi connectivity index (χ1v) is 12.5. The van der Waals surface area contributed by atoms with Gasteiger partial charge >= 0.3 is 0 Å². The number of carbonyl (C=O) groups excluding carboxylic acids is 2. The molecule has 39 heavy (non-hydrogen) atoms. The average Bonchev–Trinajstić information content (AvgIpc) is 3.50. The molecule has 0 saturated carbocycles. The van der Waals surface area contributed by atoms with Gasteiger partial charge in [0.25, 0.3) is 5.91 Å². The van der Waals surface area contributed by atoms with Crippen molar-refractivity contribution in [2.24, 2.45) is 0 Å². The summed E-state index contributed by atoms with van der Waals surface area (Å²) >= 11 is 0. The van der Waals surface area contributed by atoms with Gasteiger partial charge in [-0.3, -0.25) is 9.59 Å². The number of hydrogen-bond donors (Lipinski definition) is 1. The SMILES string of the molecule is COCCN1C(=O)C(O)=C(C(=O)c2cc3cccc(OC)c3o2)C1c1cccc(OCc2ccc(C)cc2)c1. The minimum Gasteiger partial charge on any atom is -0.503 e. The zero-order valence-corrected chi connectivity index (χ0v) is 22.0. The number of methoxy groups -OCH3 is 2. The van der Waals surface area contributed by atoms with E-state index in [4.69, 9.17) is 18.6 Å². The van der Waals surface area contributed by atoms with Gasteiger partial charge in [0.05, 0.1) is 25.3 Å². The van der Waals surface area contributed by atoms with Crippen LogP contribution in [-0.4, -0.2) is 49.1 Å². The van der Waals surface area contributed by atoms with Crippen LogP contribution in [-0.2, 0) is 16.1 Å². The van der Waals surface area contributed by atoms with E-state index in [0.717, 1.165) is 11.1 Å². The maximum atomic E-state index is 13.8. The second-order valence-electron chi connectivity index (χ2n) is 9.32. The Kier molecular flexibility index (Phi) is 7.38. The molecule has 1 unspecified atom stereocenters. The van der Waals surface area contributed by atoms with Crippen molar-refractivity contribution in [2.45, 2.75) is 19.6 Å². The van der Waals surface area contributed by atoms with Gasteiger partial charge in [-0.1, -0.05) is 54.1 Å². The highest BCUT2D eigenvalue weighted by molar-refractivity contribution is 6.16. The Balaban J connectivity index is 1.50. The third-order valence-corrected chi connectivity index (χ3v) is 6.74. The molecule has 0 aliphatic carbocycles. The van der Waals surface area contributed by atoms with Crippen molar-refractivity contribution in [2.75, 3.05) is 27.4 Å². The summed E-state index contributed by atoms with van der Waals surface area (Å²) in [5.41, 5.74) is 3.13. The highest BCUT2D eigenvalue weighted by atomic mass is 16.5. The molecule has 1 amide bonds. The van der Waals surface area contributed by atoms with Crippen LogP contribution in [0.4, 0.5) is 0 Å². The lowest BCUT2D eigenvalue weighted by Gasteiger charge is -2.26. The molecule has 0 spiro atoms. The smallest absolute Gasteiger partial charge is 0.290 e. The van der Waals surface area contributed by atoms with E-state index >= 15 is 0 Å². The Bertz CT molecular complexity index is 1550. The molecule has 8 nitrogen and oxygen atoms in total. The van der Waals surface area contributed by atoms with Crippen LogP contribution in [0.5, 0.6) is 11.5 Å². The van der Waals surface area contributed by atoms with E-state index in [2.05, 4.69) is 0 Å². The summed E-state index contributed by atoms with van der Waals surface area (Å²) in [6, 6.07) is 21.3. The van der Waals surface area contributed by atoms with Crippen LogP contribution in [0, 0.1) is 6.92 Å². The molecule has 1 N–H and O–H groups in total. The highest BCUT2D eigenvalue weighted by Crippen LogP contribution is 2.41. The van der Waals surface area contributed by atoms with Crippen LogP contribution < -0.4 is 9.47 Å². The quantitative estimate of drug-likeness (QED) is 0.270. The van der Waals surface area contributed by atoms with Gasteiger partial charge in [0, 0.05) is 19.0 Å². The number of nitrogens with zero attached hydrogens (tertiary/aromatic N) is 1. The number of para-hydroxylation sites is 1. The molecule has 1 aromatic heterocycles. The number of ether oxygens (including phenoxy) is 3. The van der Waals surface area contributed by atoms with E-state index in [1.165, 1.54) is 19.1 Å². The van der Waals surface area contributed by atoms with Crippen LogP contribution >= 0.6 is 0 Å². The molecule has 5 rings (SSSR count). The van der Waals surface area contributed by atoms with Gasteiger partial charge in [-0.15, -0.1) is 0 Å². The van der Waals surface area contributed by atoms with E-state index in [1.807, 2.05) is 37.3 Å². The molecule has 200 valence electrons. The molecular weight excluding hydrogens is 498 g/mol. The maximum Gasteiger partial charge on any atom is 0.290 e. The number of fused-ring (bicyclic) bond motifs is 1. The summed E-state index contributed by atoms with van der Waals surface area (Å²) in [6.45, 7) is 2.77. The normalized spacial score (nSPS) is 15.3. The van der Waals surface area contributed by atoms with Crippen molar-refractivity contribution >= 4 is 22.7 Å². The number of aliphatic hydroxyl groups is 1. The van der Waals surface area contributed by atoms with Gasteiger partial charge < -0.3 is 28.6 Å². The fraction of sp³-hybridized carbons (Fsp3) is 0.226. The Labute approximate surface area is 226 Å². The Morgan fingerprint density at radius 2 is 1.79 bits per heavy atom. The van der Waals surface area contributed by atoms with Gasteiger partial charge in [-0.05, 0) is 42.3 Å². The van der Waals surface area contributed by atoms with E-state index in [1.54, 1.807) is 42.5 Å². The van der Waals surface area contributed by atoms with Crippen molar-refractivity contribution in [1.29, 1.82) is 0 Å². The van der Waals surface area contributed by atoms with Crippen LogP contribution in [0.1, 0.15) is 33.3 Å². The average molecular weight is 528 g/mol. The molecule has 0 radical (unpaired) electrons. The Morgan fingerprint density at radius 1 is 1.03 bits per heavy atom. The number of furan rings is 1. The van der Waals surface area contributed by atoms with Gasteiger partial charge in [0.1, 0.15) is 12.4 Å². The maximum absolute atomic E-state index is 13.8. The van der Waals surface area contributed by atoms with E-state index in [-0.39, 0.29) is 24.5 Å². The number of aryl methyl sites for hydroxylation is 1. The zero-order chi connectivity index (χ0) is 27.5.